The summed E-state index contributed by atoms with van der Waals surface area (Å²) in [5.74, 6) is -0.459. The lowest BCUT2D eigenvalue weighted by Crippen LogP contribution is -2.21. The largest absolute Gasteiger partial charge is 0.453 e. The van der Waals surface area contributed by atoms with Crippen molar-refractivity contribution in [2.75, 3.05) is 6.61 Å². The number of rotatable bonds is 7. The Morgan fingerprint density at radius 3 is 2.16 bits per heavy atom. The molecule has 0 radical (unpaired) electrons. The summed E-state index contributed by atoms with van der Waals surface area (Å²) in [5.41, 5.74) is 2.11. The zero-order chi connectivity index (χ0) is 18.2. The van der Waals surface area contributed by atoms with Crippen LogP contribution >= 0.6 is 0 Å². The van der Waals surface area contributed by atoms with Crippen molar-refractivity contribution < 1.29 is 19.1 Å². The fourth-order valence-electron chi connectivity index (χ4n) is 2.45. The lowest BCUT2D eigenvalue weighted by atomic mass is 9.97. The summed E-state index contributed by atoms with van der Waals surface area (Å²) >= 11 is 0. The number of benzene rings is 2. The number of hydrogen-bond acceptors (Lipinski definition) is 4. The van der Waals surface area contributed by atoms with Crippen molar-refractivity contribution in [3.8, 4) is 5.75 Å². The molecule has 25 heavy (non-hydrogen) atoms. The van der Waals surface area contributed by atoms with Crippen LogP contribution in [0.15, 0.2) is 54.6 Å². The van der Waals surface area contributed by atoms with E-state index >= 15 is 0 Å². The van der Waals surface area contributed by atoms with E-state index in [0.717, 1.165) is 12.0 Å². The van der Waals surface area contributed by atoms with Gasteiger partial charge in [-0.25, -0.2) is 4.79 Å². The first-order valence-electron chi connectivity index (χ1n) is 8.47. The fraction of sp³-hybridized carbons (Fsp3) is 0.333. The Morgan fingerprint density at radius 2 is 1.56 bits per heavy atom. The third-order valence-corrected chi connectivity index (χ3v) is 3.78. The average Bonchev–Trinajstić information content (AvgIpc) is 2.60. The van der Waals surface area contributed by atoms with Crippen LogP contribution in [0.5, 0.6) is 5.75 Å². The van der Waals surface area contributed by atoms with Crippen molar-refractivity contribution in [3.05, 3.63) is 65.7 Å². The predicted molar refractivity (Wildman–Crippen MR) is 96.4 cm³/mol. The van der Waals surface area contributed by atoms with Gasteiger partial charge in [-0.05, 0) is 42.5 Å². The predicted octanol–water partition coefficient (Wildman–Crippen LogP) is 4.14. The molecule has 0 spiro atoms. The average molecular weight is 340 g/mol. The van der Waals surface area contributed by atoms with Gasteiger partial charge in [-0.2, -0.15) is 0 Å². The molecule has 0 aliphatic carbocycles. The molecule has 0 N–H and O–H groups in total. The smallest absolute Gasteiger partial charge is 0.349 e. The lowest BCUT2D eigenvalue weighted by Gasteiger charge is -2.13. The van der Waals surface area contributed by atoms with E-state index in [2.05, 4.69) is 13.8 Å². The van der Waals surface area contributed by atoms with Crippen LogP contribution in [0.4, 0.5) is 0 Å². The summed E-state index contributed by atoms with van der Waals surface area (Å²) in [6.45, 7) is 5.71. The Morgan fingerprint density at radius 1 is 0.920 bits per heavy atom. The standard InChI is InChI=1S/C21H24O4/c1-15(2)13-17-9-11-18(12-10-17)16(3)21(23)24-14-20(22)25-19-7-5-4-6-8-19/h4-12,15-16H,13-14H2,1-3H3/t16-/m0/s1. The highest BCUT2D eigenvalue weighted by atomic mass is 16.6. The zero-order valence-corrected chi connectivity index (χ0v) is 14.9. The number of carbonyl (C=O) groups excluding carboxylic acids is 2. The van der Waals surface area contributed by atoms with Crippen molar-refractivity contribution in [1.29, 1.82) is 0 Å². The molecule has 0 aliphatic rings. The summed E-state index contributed by atoms with van der Waals surface area (Å²) in [4.78, 5) is 23.9. The van der Waals surface area contributed by atoms with E-state index in [-0.39, 0.29) is 0 Å². The Hall–Kier alpha value is -2.62. The van der Waals surface area contributed by atoms with Crippen LogP contribution in [0.3, 0.4) is 0 Å². The minimum absolute atomic E-state index is 0.399. The SMILES string of the molecule is CC(C)Cc1ccc([C@H](C)C(=O)OCC(=O)Oc2ccccc2)cc1. The monoisotopic (exact) mass is 340 g/mol. The molecule has 0 saturated heterocycles. The van der Waals surface area contributed by atoms with Crippen molar-refractivity contribution in [2.24, 2.45) is 5.92 Å². The van der Waals surface area contributed by atoms with Gasteiger partial charge in [0.2, 0.25) is 0 Å². The molecule has 2 rings (SSSR count). The van der Waals surface area contributed by atoms with E-state index in [1.807, 2.05) is 30.3 Å². The van der Waals surface area contributed by atoms with Crippen molar-refractivity contribution in [3.63, 3.8) is 0 Å². The molecule has 0 heterocycles. The Balaban J connectivity index is 1.84. The molecular weight excluding hydrogens is 316 g/mol. The summed E-state index contributed by atoms with van der Waals surface area (Å²) in [7, 11) is 0. The molecule has 2 aromatic rings. The normalized spacial score (nSPS) is 11.8. The molecule has 4 nitrogen and oxygen atoms in total. The van der Waals surface area contributed by atoms with E-state index < -0.39 is 24.5 Å². The molecular formula is C21H24O4. The van der Waals surface area contributed by atoms with Gasteiger partial charge in [-0.15, -0.1) is 0 Å². The maximum atomic E-state index is 12.1. The molecule has 4 heteroatoms. The Labute approximate surface area is 148 Å². The zero-order valence-electron chi connectivity index (χ0n) is 14.9. The van der Waals surface area contributed by atoms with Gasteiger partial charge in [-0.3, -0.25) is 4.79 Å². The second-order valence-corrected chi connectivity index (χ2v) is 6.46. The van der Waals surface area contributed by atoms with E-state index in [1.165, 1.54) is 5.56 Å². The molecule has 0 saturated carbocycles. The first-order valence-corrected chi connectivity index (χ1v) is 8.47. The van der Waals surface area contributed by atoms with E-state index in [1.54, 1.807) is 31.2 Å². The highest BCUT2D eigenvalue weighted by molar-refractivity contribution is 5.81. The fourth-order valence-corrected chi connectivity index (χ4v) is 2.45. The molecule has 0 aromatic heterocycles. The van der Waals surface area contributed by atoms with Gasteiger partial charge >= 0.3 is 11.9 Å². The van der Waals surface area contributed by atoms with Crippen LogP contribution in [0.25, 0.3) is 0 Å². The summed E-state index contributed by atoms with van der Waals surface area (Å²) in [6, 6.07) is 16.6. The van der Waals surface area contributed by atoms with Crippen LogP contribution in [0.1, 0.15) is 37.8 Å². The molecule has 0 amide bonds. The number of hydrogen-bond donors (Lipinski definition) is 0. The molecule has 2 aromatic carbocycles. The minimum Gasteiger partial charge on any atom is -0.453 e. The molecule has 0 aliphatic heterocycles. The van der Waals surface area contributed by atoms with Crippen LogP contribution in [0, 0.1) is 5.92 Å². The maximum Gasteiger partial charge on any atom is 0.349 e. The first-order chi connectivity index (χ1) is 12.0. The van der Waals surface area contributed by atoms with E-state index in [9.17, 15) is 9.59 Å². The van der Waals surface area contributed by atoms with Crippen LogP contribution < -0.4 is 4.74 Å². The summed E-state index contributed by atoms with van der Waals surface area (Å²) in [5, 5.41) is 0. The van der Waals surface area contributed by atoms with Gasteiger partial charge in [0.15, 0.2) is 6.61 Å². The third kappa shape index (κ3) is 6.07. The Bertz CT molecular complexity index is 690. The van der Waals surface area contributed by atoms with E-state index in [4.69, 9.17) is 9.47 Å². The van der Waals surface area contributed by atoms with Gasteiger partial charge in [0.05, 0.1) is 5.92 Å². The lowest BCUT2D eigenvalue weighted by molar-refractivity contribution is -0.154. The van der Waals surface area contributed by atoms with Crippen molar-refractivity contribution in [2.45, 2.75) is 33.1 Å². The van der Waals surface area contributed by atoms with Crippen molar-refractivity contribution >= 4 is 11.9 Å². The topological polar surface area (TPSA) is 52.6 Å². The van der Waals surface area contributed by atoms with Crippen LogP contribution in [-0.2, 0) is 20.7 Å². The number of esters is 2. The van der Waals surface area contributed by atoms with E-state index in [0.29, 0.717) is 11.7 Å². The van der Waals surface area contributed by atoms with Gasteiger partial charge in [0, 0.05) is 0 Å². The number of ether oxygens (including phenoxy) is 2. The molecule has 0 unspecified atom stereocenters. The van der Waals surface area contributed by atoms with Gasteiger partial charge in [-0.1, -0.05) is 56.3 Å². The van der Waals surface area contributed by atoms with Crippen LogP contribution in [0.2, 0.25) is 0 Å². The maximum absolute atomic E-state index is 12.1. The molecule has 132 valence electrons. The quantitative estimate of drug-likeness (QED) is 0.561. The highest BCUT2D eigenvalue weighted by Crippen LogP contribution is 2.19. The summed E-state index contributed by atoms with van der Waals surface area (Å²) in [6.07, 6.45) is 1.00. The van der Waals surface area contributed by atoms with Gasteiger partial charge in [0.25, 0.3) is 0 Å². The molecule has 1 atom stereocenters. The Kier molecular flexibility index (Phi) is 6.75. The van der Waals surface area contributed by atoms with Crippen molar-refractivity contribution in [1.82, 2.24) is 0 Å². The summed E-state index contributed by atoms with van der Waals surface area (Å²) < 4.78 is 10.2. The van der Waals surface area contributed by atoms with Crippen LogP contribution in [-0.4, -0.2) is 18.5 Å². The first kappa shape index (κ1) is 18.7. The third-order valence-electron chi connectivity index (χ3n) is 3.78. The number of para-hydroxylation sites is 1. The van der Waals surface area contributed by atoms with Gasteiger partial charge < -0.3 is 9.47 Å². The van der Waals surface area contributed by atoms with Gasteiger partial charge in [0.1, 0.15) is 5.75 Å². The number of carbonyl (C=O) groups is 2. The minimum atomic E-state index is -0.598. The molecule has 0 fully saturated rings. The molecule has 0 bridgehead atoms. The highest BCUT2D eigenvalue weighted by Gasteiger charge is 2.18. The second kappa shape index (κ2) is 9.02. The second-order valence-electron chi connectivity index (χ2n) is 6.46.